The lowest BCUT2D eigenvalue weighted by atomic mass is 9.94. The third-order valence-corrected chi connectivity index (χ3v) is 7.75. The Labute approximate surface area is 184 Å². The van der Waals surface area contributed by atoms with Crippen LogP contribution in [0.25, 0.3) is 0 Å². The number of carbonyl (C=O) groups excluding carboxylic acids is 1. The average molecular weight is 468 g/mol. The van der Waals surface area contributed by atoms with E-state index in [1.807, 2.05) is 24.3 Å². The molecular formula is C22H23F3N2O4S. The molecule has 0 spiro atoms. The van der Waals surface area contributed by atoms with Crippen LogP contribution in [0.2, 0.25) is 0 Å². The molecule has 0 unspecified atom stereocenters. The molecule has 1 saturated heterocycles. The number of para-hydroxylation sites is 1. The summed E-state index contributed by atoms with van der Waals surface area (Å²) >= 11 is 0. The minimum Gasteiger partial charge on any atom is -0.406 e. The van der Waals surface area contributed by atoms with Crippen LogP contribution >= 0.6 is 0 Å². The molecule has 1 amide bonds. The topological polar surface area (TPSA) is 66.9 Å². The van der Waals surface area contributed by atoms with Gasteiger partial charge in [0.15, 0.2) is 0 Å². The first-order valence-corrected chi connectivity index (χ1v) is 11.8. The lowest BCUT2D eigenvalue weighted by Crippen LogP contribution is -2.45. The predicted molar refractivity (Wildman–Crippen MR) is 112 cm³/mol. The Bertz CT molecular complexity index is 1100. The van der Waals surface area contributed by atoms with Crippen molar-refractivity contribution in [2.24, 2.45) is 5.92 Å². The second-order valence-electron chi connectivity index (χ2n) is 7.92. The Kier molecular flexibility index (Phi) is 6.17. The summed E-state index contributed by atoms with van der Waals surface area (Å²) in [6, 6.07) is 12.2. The number of ether oxygens (including phenoxy) is 1. The zero-order valence-corrected chi connectivity index (χ0v) is 18.0. The molecule has 10 heteroatoms. The minimum absolute atomic E-state index is 0.00484. The molecule has 2 aromatic carbocycles. The van der Waals surface area contributed by atoms with E-state index in [2.05, 4.69) is 4.74 Å². The van der Waals surface area contributed by atoms with E-state index in [1.165, 1.54) is 16.4 Å². The van der Waals surface area contributed by atoms with Crippen LogP contribution in [-0.2, 0) is 21.2 Å². The summed E-state index contributed by atoms with van der Waals surface area (Å²) in [4.78, 5) is 14.7. The van der Waals surface area contributed by atoms with Crippen LogP contribution in [0.1, 0.15) is 24.8 Å². The van der Waals surface area contributed by atoms with Crippen LogP contribution in [0.4, 0.5) is 18.9 Å². The molecule has 0 aliphatic carbocycles. The summed E-state index contributed by atoms with van der Waals surface area (Å²) in [7, 11) is -4.00. The van der Waals surface area contributed by atoms with Gasteiger partial charge in [-0.15, -0.1) is 13.2 Å². The molecule has 0 atom stereocenters. The van der Waals surface area contributed by atoms with Gasteiger partial charge in [0.25, 0.3) is 0 Å². The quantitative estimate of drug-likeness (QED) is 0.681. The Morgan fingerprint density at radius 3 is 2.44 bits per heavy atom. The lowest BCUT2D eigenvalue weighted by molar-refractivity contribution is -0.274. The number of alkyl halides is 3. The highest BCUT2D eigenvalue weighted by Gasteiger charge is 2.36. The van der Waals surface area contributed by atoms with Crippen molar-refractivity contribution in [1.82, 2.24) is 4.31 Å². The fraction of sp³-hybridized carbons (Fsp3) is 0.409. The van der Waals surface area contributed by atoms with Gasteiger partial charge in [-0.3, -0.25) is 4.79 Å². The van der Waals surface area contributed by atoms with Crippen LogP contribution in [0.15, 0.2) is 53.4 Å². The molecule has 172 valence electrons. The van der Waals surface area contributed by atoms with E-state index < -0.39 is 22.1 Å². The molecule has 4 rings (SSSR count). The molecule has 6 nitrogen and oxygen atoms in total. The van der Waals surface area contributed by atoms with Gasteiger partial charge in [-0.1, -0.05) is 24.3 Å². The first-order chi connectivity index (χ1) is 15.1. The fourth-order valence-electron chi connectivity index (χ4n) is 4.31. The standard InChI is InChI=1S/C22H23F3N2O4S/c23-22(24,25)31-18-7-3-8-19(15-18)32(29,30)26-13-10-17(11-14-26)21(28)27-12-4-6-16-5-1-2-9-20(16)27/h1-3,5,7-9,15,17H,4,6,10-14H2. The maximum atomic E-state index is 13.2. The van der Waals surface area contributed by atoms with Gasteiger partial charge in [-0.2, -0.15) is 4.31 Å². The highest BCUT2D eigenvalue weighted by Crippen LogP contribution is 2.32. The number of carbonyl (C=O) groups is 1. The van der Waals surface area contributed by atoms with E-state index >= 15 is 0 Å². The highest BCUT2D eigenvalue weighted by atomic mass is 32.2. The van der Waals surface area contributed by atoms with Crippen LogP contribution in [0.5, 0.6) is 5.75 Å². The number of sulfonamides is 1. The van der Waals surface area contributed by atoms with Crippen LogP contribution in [0, 0.1) is 5.92 Å². The van der Waals surface area contributed by atoms with Crippen molar-refractivity contribution >= 4 is 21.6 Å². The van der Waals surface area contributed by atoms with Crippen LogP contribution in [0.3, 0.4) is 0 Å². The number of benzene rings is 2. The summed E-state index contributed by atoms with van der Waals surface area (Å²) in [5, 5.41) is 0. The fourth-order valence-corrected chi connectivity index (χ4v) is 5.81. The Hall–Kier alpha value is -2.59. The molecule has 2 aromatic rings. The van der Waals surface area contributed by atoms with E-state index in [9.17, 15) is 26.4 Å². The second-order valence-corrected chi connectivity index (χ2v) is 9.86. The number of piperidine rings is 1. The molecule has 2 heterocycles. The van der Waals surface area contributed by atoms with Crippen molar-refractivity contribution in [2.75, 3.05) is 24.5 Å². The summed E-state index contributed by atoms with van der Waals surface area (Å²) in [5.74, 6) is -0.894. The van der Waals surface area contributed by atoms with Crippen LogP contribution < -0.4 is 9.64 Å². The number of hydrogen-bond donors (Lipinski definition) is 0. The largest absolute Gasteiger partial charge is 0.573 e. The van der Waals surface area contributed by atoms with Gasteiger partial charge < -0.3 is 9.64 Å². The van der Waals surface area contributed by atoms with Gasteiger partial charge in [0, 0.05) is 37.3 Å². The van der Waals surface area contributed by atoms with Gasteiger partial charge >= 0.3 is 6.36 Å². The summed E-state index contributed by atoms with van der Waals surface area (Å²) in [5.41, 5.74) is 2.05. The zero-order valence-electron chi connectivity index (χ0n) is 17.2. The maximum Gasteiger partial charge on any atom is 0.573 e. The van der Waals surface area contributed by atoms with Gasteiger partial charge in [0.1, 0.15) is 5.75 Å². The molecule has 32 heavy (non-hydrogen) atoms. The predicted octanol–water partition coefficient (Wildman–Crippen LogP) is 3.97. The Morgan fingerprint density at radius 2 is 1.72 bits per heavy atom. The molecule has 0 aromatic heterocycles. The summed E-state index contributed by atoms with van der Waals surface area (Å²) < 4.78 is 68.3. The zero-order chi connectivity index (χ0) is 22.9. The second kappa shape index (κ2) is 8.74. The number of hydrogen-bond acceptors (Lipinski definition) is 4. The number of nitrogens with zero attached hydrogens (tertiary/aromatic N) is 2. The molecule has 2 aliphatic rings. The number of amides is 1. The first-order valence-electron chi connectivity index (χ1n) is 10.4. The molecule has 0 saturated carbocycles. The molecular weight excluding hydrogens is 445 g/mol. The monoisotopic (exact) mass is 468 g/mol. The summed E-state index contributed by atoms with van der Waals surface area (Å²) in [6.07, 6.45) is -2.39. The van der Waals surface area contributed by atoms with Gasteiger partial charge in [-0.25, -0.2) is 8.42 Å². The number of aryl methyl sites for hydroxylation is 1. The maximum absolute atomic E-state index is 13.2. The van der Waals surface area contributed by atoms with E-state index in [1.54, 1.807) is 4.90 Å². The van der Waals surface area contributed by atoms with Crippen molar-refractivity contribution in [3.63, 3.8) is 0 Å². The van der Waals surface area contributed by atoms with Crippen molar-refractivity contribution < 1.29 is 31.1 Å². The van der Waals surface area contributed by atoms with E-state index in [0.717, 1.165) is 36.2 Å². The van der Waals surface area contributed by atoms with Gasteiger partial charge in [-0.05, 0) is 49.4 Å². The van der Waals surface area contributed by atoms with Gasteiger partial charge in [0.05, 0.1) is 4.90 Å². The minimum atomic E-state index is -4.91. The number of halogens is 3. The SMILES string of the molecule is O=C(C1CCN(S(=O)(=O)c2cccc(OC(F)(F)F)c2)CC1)N1CCCc2ccccc21. The number of anilines is 1. The molecule has 1 fully saturated rings. The Morgan fingerprint density at radius 1 is 1.00 bits per heavy atom. The molecule has 2 aliphatic heterocycles. The normalized spacial score (nSPS) is 18.3. The third-order valence-electron chi connectivity index (χ3n) is 5.86. The van der Waals surface area contributed by atoms with Crippen molar-refractivity contribution in [3.05, 3.63) is 54.1 Å². The highest BCUT2D eigenvalue weighted by molar-refractivity contribution is 7.89. The molecule has 0 N–H and O–H groups in total. The smallest absolute Gasteiger partial charge is 0.406 e. The van der Waals surface area contributed by atoms with E-state index in [0.29, 0.717) is 19.4 Å². The van der Waals surface area contributed by atoms with Gasteiger partial charge in [0.2, 0.25) is 15.9 Å². The lowest BCUT2D eigenvalue weighted by Gasteiger charge is -2.36. The number of rotatable bonds is 4. The first kappa shape index (κ1) is 22.6. The van der Waals surface area contributed by atoms with E-state index in [4.69, 9.17) is 0 Å². The Balaban J connectivity index is 1.44. The summed E-state index contributed by atoms with van der Waals surface area (Å²) in [6.45, 7) is 0.886. The van der Waals surface area contributed by atoms with Crippen LogP contribution in [-0.4, -0.2) is 44.6 Å². The molecule has 0 bridgehead atoms. The van der Waals surface area contributed by atoms with E-state index in [-0.39, 0.29) is 29.8 Å². The van der Waals surface area contributed by atoms with Crippen molar-refractivity contribution in [2.45, 2.75) is 36.9 Å². The number of fused-ring (bicyclic) bond motifs is 1. The van der Waals surface area contributed by atoms with Crippen molar-refractivity contribution in [1.29, 1.82) is 0 Å². The average Bonchev–Trinajstić information content (AvgIpc) is 2.77. The van der Waals surface area contributed by atoms with Crippen molar-refractivity contribution in [3.8, 4) is 5.75 Å². The third kappa shape index (κ3) is 4.75. The molecule has 0 radical (unpaired) electrons.